The van der Waals surface area contributed by atoms with E-state index in [-0.39, 0.29) is 11.4 Å². The van der Waals surface area contributed by atoms with Gasteiger partial charge < -0.3 is 10.5 Å². The SMILES string of the molecule is Cc1ncccc1/C(N)=C/C(=N/C1CCCCO1)C(F)F. The molecule has 0 bridgehead atoms. The molecule has 21 heavy (non-hydrogen) atoms. The van der Waals surface area contributed by atoms with E-state index < -0.39 is 12.7 Å². The smallest absolute Gasteiger partial charge is 0.280 e. The third kappa shape index (κ3) is 4.32. The van der Waals surface area contributed by atoms with E-state index in [2.05, 4.69) is 9.98 Å². The summed E-state index contributed by atoms with van der Waals surface area (Å²) >= 11 is 0. The molecule has 1 atom stereocenters. The van der Waals surface area contributed by atoms with Gasteiger partial charge in [0.1, 0.15) is 11.9 Å². The Morgan fingerprint density at radius 1 is 1.52 bits per heavy atom. The van der Waals surface area contributed by atoms with Gasteiger partial charge >= 0.3 is 0 Å². The molecular weight excluding hydrogens is 276 g/mol. The van der Waals surface area contributed by atoms with Crippen LogP contribution >= 0.6 is 0 Å². The van der Waals surface area contributed by atoms with E-state index in [4.69, 9.17) is 10.5 Å². The Morgan fingerprint density at radius 2 is 2.33 bits per heavy atom. The van der Waals surface area contributed by atoms with E-state index in [1.165, 1.54) is 6.08 Å². The van der Waals surface area contributed by atoms with Crippen LogP contribution in [0, 0.1) is 6.92 Å². The molecule has 0 aromatic carbocycles. The van der Waals surface area contributed by atoms with Crippen LogP contribution in [0.2, 0.25) is 0 Å². The summed E-state index contributed by atoms with van der Waals surface area (Å²) < 4.78 is 31.6. The molecule has 1 aromatic rings. The summed E-state index contributed by atoms with van der Waals surface area (Å²) in [5.41, 5.74) is 7.12. The third-order valence-electron chi connectivity index (χ3n) is 3.29. The summed E-state index contributed by atoms with van der Waals surface area (Å²) in [6.45, 7) is 2.34. The lowest BCUT2D eigenvalue weighted by molar-refractivity contribution is 0.0215. The molecule has 1 aliphatic rings. The Hall–Kier alpha value is -1.82. The Kier molecular flexibility index (Phi) is 5.38. The minimum Gasteiger partial charge on any atom is -0.398 e. The van der Waals surface area contributed by atoms with Crippen molar-refractivity contribution >= 4 is 11.4 Å². The zero-order valence-corrected chi connectivity index (χ0v) is 11.9. The van der Waals surface area contributed by atoms with Crippen LogP contribution in [0.1, 0.15) is 30.5 Å². The van der Waals surface area contributed by atoms with Crippen molar-refractivity contribution in [3.05, 3.63) is 35.7 Å². The molecule has 0 radical (unpaired) electrons. The summed E-state index contributed by atoms with van der Waals surface area (Å²) in [6.07, 6.45) is 2.20. The van der Waals surface area contributed by atoms with Crippen LogP contribution in [0.3, 0.4) is 0 Å². The normalized spacial score (nSPS) is 20.9. The lowest BCUT2D eigenvalue weighted by atomic mass is 10.1. The molecule has 1 aromatic heterocycles. The first-order valence-corrected chi connectivity index (χ1v) is 6.94. The summed E-state index contributed by atoms with van der Waals surface area (Å²) in [5.74, 6) is 0. The van der Waals surface area contributed by atoms with Crippen molar-refractivity contribution in [2.75, 3.05) is 6.61 Å². The number of ether oxygens (including phenoxy) is 1. The highest BCUT2D eigenvalue weighted by Crippen LogP contribution is 2.17. The van der Waals surface area contributed by atoms with Crippen LogP contribution in [0.4, 0.5) is 8.78 Å². The van der Waals surface area contributed by atoms with Gasteiger partial charge in [-0.3, -0.25) is 9.98 Å². The monoisotopic (exact) mass is 295 g/mol. The Bertz CT molecular complexity index is 537. The van der Waals surface area contributed by atoms with Crippen LogP contribution in [0.5, 0.6) is 0 Å². The number of allylic oxidation sites excluding steroid dienone is 1. The highest BCUT2D eigenvalue weighted by atomic mass is 19.3. The maximum Gasteiger partial charge on any atom is 0.280 e. The fourth-order valence-electron chi connectivity index (χ4n) is 2.17. The molecule has 0 aliphatic carbocycles. The fraction of sp³-hybridized carbons (Fsp3) is 0.467. The maximum atomic E-state index is 13.1. The van der Waals surface area contributed by atoms with Crippen molar-refractivity contribution in [3.63, 3.8) is 0 Å². The number of aliphatic imine (C=N–C) groups is 1. The van der Waals surface area contributed by atoms with Gasteiger partial charge in [0.2, 0.25) is 0 Å². The minimum atomic E-state index is -2.69. The van der Waals surface area contributed by atoms with Crippen molar-refractivity contribution < 1.29 is 13.5 Å². The fourth-order valence-corrected chi connectivity index (χ4v) is 2.17. The number of alkyl halides is 2. The number of nitrogens with two attached hydrogens (primary N) is 1. The summed E-state index contributed by atoms with van der Waals surface area (Å²) in [7, 11) is 0. The average molecular weight is 295 g/mol. The third-order valence-corrected chi connectivity index (χ3v) is 3.29. The van der Waals surface area contributed by atoms with Gasteiger partial charge in [-0.2, -0.15) is 0 Å². The number of hydrogen-bond donors (Lipinski definition) is 1. The van der Waals surface area contributed by atoms with Crippen LogP contribution in [-0.4, -0.2) is 30.0 Å². The number of nitrogens with zero attached hydrogens (tertiary/aromatic N) is 2. The van der Waals surface area contributed by atoms with E-state index in [0.717, 1.165) is 12.8 Å². The highest BCUT2D eigenvalue weighted by Gasteiger charge is 2.18. The molecule has 6 heteroatoms. The molecule has 114 valence electrons. The predicted molar refractivity (Wildman–Crippen MR) is 78.2 cm³/mol. The van der Waals surface area contributed by atoms with Crippen LogP contribution in [0.25, 0.3) is 5.70 Å². The quantitative estimate of drug-likeness (QED) is 0.869. The first kappa shape index (κ1) is 15.6. The molecule has 1 aliphatic heterocycles. The Morgan fingerprint density at radius 3 is 2.95 bits per heavy atom. The zero-order valence-electron chi connectivity index (χ0n) is 11.9. The lowest BCUT2D eigenvalue weighted by Gasteiger charge is -2.19. The Balaban J connectivity index is 2.24. The molecular formula is C15H19F2N3O. The van der Waals surface area contributed by atoms with Crippen molar-refractivity contribution in [2.45, 2.75) is 38.8 Å². The number of aromatic nitrogens is 1. The van der Waals surface area contributed by atoms with E-state index in [1.54, 1.807) is 25.3 Å². The number of hydrogen-bond acceptors (Lipinski definition) is 4. The molecule has 0 amide bonds. The largest absolute Gasteiger partial charge is 0.398 e. The molecule has 1 unspecified atom stereocenters. The van der Waals surface area contributed by atoms with Crippen molar-refractivity contribution in [1.29, 1.82) is 0 Å². The van der Waals surface area contributed by atoms with Crippen LogP contribution < -0.4 is 5.73 Å². The first-order chi connectivity index (χ1) is 10.1. The average Bonchev–Trinajstić information content (AvgIpc) is 2.48. The number of rotatable bonds is 4. The van der Waals surface area contributed by atoms with Gasteiger partial charge in [0.25, 0.3) is 6.43 Å². The zero-order chi connectivity index (χ0) is 15.2. The summed E-state index contributed by atoms with van der Waals surface area (Å²) in [6, 6.07) is 3.46. The van der Waals surface area contributed by atoms with Crippen LogP contribution in [0.15, 0.2) is 29.4 Å². The highest BCUT2D eigenvalue weighted by molar-refractivity contribution is 6.02. The lowest BCUT2D eigenvalue weighted by Crippen LogP contribution is -2.21. The van der Waals surface area contributed by atoms with Gasteiger partial charge in [-0.25, -0.2) is 8.78 Å². The van der Waals surface area contributed by atoms with Gasteiger partial charge in [0.05, 0.1) is 0 Å². The van der Waals surface area contributed by atoms with E-state index >= 15 is 0 Å². The molecule has 0 spiro atoms. The molecule has 2 heterocycles. The predicted octanol–water partition coefficient (Wildman–Crippen LogP) is 2.92. The number of pyridine rings is 1. The molecule has 1 fully saturated rings. The van der Waals surface area contributed by atoms with E-state index in [0.29, 0.717) is 24.3 Å². The second-order valence-electron chi connectivity index (χ2n) is 4.91. The van der Waals surface area contributed by atoms with Gasteiger partial charge in [-0.15, -0.1) is 0 Å². The second-order valence-corrected chi connectivity index (χ2v) is 4.91. The molecule has 2 N–H and O–H groups in total. The summed E-state index contributed by atoms with van der Waals surface area (Å²) in [5, 5.41) is 0. The van der Waals surface area contributed by atoms with Crippen LogP contribution in [-0.2, 0) is 4.74 Å². The van der Waals surface area contributed by atoms with Gasteiger partial charge in [0.15, 0.2) is 0 Å². The topological polar surface area (TPSA) is 60.5 Å². The van der Waals surface area contributed by atoms with Gasteiger partial charge in [0, 0.05) is 29.8 Å². The van der Waals surface area contributed by atoms with E-state index in [9.17, 15) is 8.78 Å². The first-order valence-electron chi connectivity index (χ1n) is 6.94. The molecule has 4 nitrogen and oxygen atoms in total. The number of halogens is 2. The number of aryl methyl sites for hydroxylation is 1. The standard InChI is InChI=1S/C15H19F2N3O/c1-10-11(5-4-7-19-10)12(18)9-13(15(16)17)20-14-6-2-3-8-21-14/h4-5,7,9,14-15H,2-3,6,8,18H2,1H3/b12-9-,20-13-. The van der Waals surface area contributed by atoms with Gasteiger partial charge in [-0.1, -0.05) is 0 Å². The van der Waals surface area contributed by atoms with Gasteiger partial charge in [-0.05, 0) is 44.4 Å². The van der Waals surface area contributed by atoms with Crippen molar-refractivity contribution in [2.24, 2.45) is 10.7 Å². The maximum absolute atomic E-state index is 13.1. The minimum absolute atomic E-state index is 0.232. The second kappa shape index (κ2) is 7.26. The molecule has 0 saturated carbocycles. The molecule has 2 rings (SSSR count). The van der Waals surface area contributed by atoms with Crippen molar-refractivity contribution in [1.82, 2.24) is 4.98 Å². The summed E-state index contributed by atoms with van der Waals surface area (Å²) in [4.78, 5) is 8.09. The van der Waals surface area contributed by atoms with Crippen molar-refractivity contribution in [3.8, 4) is 0 Å². The molecule has 1 saturated heterocycles. The van der Waals surface area contributed by atoms with E-state index in [1.807, 2.05) is 0 Å². The Labute approximate surface area is 122 Å².